The third kappa shape index (κ3) is 4.25. The Bertz CT molecular complexity index is 1570. The molecule has 0 aliphatic carbocycles. The van der Waals surface area contributed by atoms with E-state index in [1.165, 1.54) is 7.11 Å². The number of furan rings is 1. The Morgan fingerprint density at radius 2 is 1.65 bits per heavy atom. The number of nitrogens with one attached hydrogen (secondary N) is 1. The second-order valence-corrected chi connectivity index (χ2v) is 8.44. The summed E-state index contributed by atoms with van der Waals surface area (Å²) < 4.78 is 17.6. The van der Waals surface area contributed by atoms with E-state index in [9.17, 15) is 9.59 Å². The molecule has 5 aromatic rings. The highest BCUT2D eigenvalue weighted by atomic mass is 79.9. The number of carbonyl (C=O) groups is 1. The lowest BCUT2D eigenvalue weighted by molar-refractivity contribution is 0.0997. The molecular weight excluding hydrogens is 498 g/mol. The number of hydrogen-bond acceptors (Lipinski definition) is 5. The molecule has 0 unspecified atom stereocenters. The zero-order valence-electron chi connectivity index (χ0n) is 18.0. The third-order valence-corrected chi connectivity index (χ3v) is 5.89. The Hall–Kier alpha value is -4.10. The van der Waals surface area contributed by atoms with Gasteiger partial charge in [0, 0.05) is 15.4 Å². The van der Waals surface area contributed by atoms with E-state index < -0.39 is 11.5 Å². The van der Waals surface area contributed by atoms with Gasteiger partial charge in [0.15, 0.2) is 5.76 Å². The minimum Gasteiger partial charge on any atom is -0.495 e. The summed E-state index contributed by atoms with van der Waals surface area (Å²) in [6.45, 7) is 0. The lowest BCUT2D eigenvalue weighted by atomic mass is 10.0. The van der Waals surface area contributed by atoms with Crippen molar-refractivity contribution in [2.24, 2.45) is 0 Å². The first-order chi connectivity index (χ1) is 16.5. The Kier molecular flexibility index (Phi) is 5.77. The van der Waals surface area contributed by atoms with Gasteiger partial charge in [-0.25, -0.2) is 4.79 Å². The molecule has 5 rings (SSSR count). The average molecular weight is 516 g/mol. The molecule has 0 atom stereocenters. The van der Waals surface area contributed by atoms with Crippen molar-refractivity contribution in [3.8, 4) is 28.2 Å². The third-order valence-electron chi connectivity index (χ3n) is 5.36. The van der Waals surface area contributed by atoms with Gasteiger partial charge in [0.25, 0.3) is 5.91 Å². The number of fused-ring (bicyclic) bond motifs is 1. The van der Waals surface area contributed by atoms with Gasteiger partial charge in [-0.15, -0.1) is 0 Å². The molecule has 7 heteroatoms. The molecule has 0 bridgehead atoms. The molecule has 1 amide bonds. The fourth-order valence-corrected chi connectivity index (χ4v) is 3.91. The molecule has 3 aromatic carbocycles. The molecule has 168 valence electrons. The van der Waals surface area contributed by atoms with Gasteiger partial charge < -0.3 is 18.9 Å². The van der Waals surface area contributed by atoms with Gasteiger partial charge in [-0.05, 0) is 54.1 Å². The Morgan fingerprint density at radius 1 is 0.882 bits per heavy atom. The van der Waals surface area contributed by atoms with Gasteiger partial charge in [0.05, 0.1) is 18.4 Å². The molecule has 6 nitrogen and oxygen atoms in total. The second-order valence-electron chi connectivity index (χ2n) is 7.53. The van der Waals surface area contributed by atoms with Crippen LogP contribution in [0.5, 0.6) is 5.75 Å². The number of hydrogen-bond donors (Lipinski definition) is 1. The lowest BCUT2D eigenvalue weighted by Crippen LogP contribution is -2.12. The van der Waals surface area contributed by atoms with Crippen LogP contribution < -0.4 is 15.7 Å². The van der Waals surface area contributed by atoms with Crippen LogP contribution in [0.25, 0.3) is 33.4 Å². The van der Waals surface area contributed by atoms with Crippen LogP contribution in [-0.2, 0) is 0 Å². The Balaban J connectivity index is 1.46. The van der Waals surface area contributed by atoms with Crippen molar-refractivity contribution >= 4 is 38.5 Å². The van der Waals surface area contributed by atoms with Gasteiger partial charge in [-0.3, -0.25) is 4.79 Å². The normalized spacial score (nSPS) is 10.9. The summed E-state index contributed by atoms with van der Waals surface area (Å²) in [4.78, 5) is 25.5. The van der Waals surface area contributed by atoms with Gasteiger partial charge in [-0.2, -0.15) is 0 Å². The maximum atomic E-state index is 12.9. The fourth-order valence-electron chi connectivity index (χ4n) is 3.65. The molecule has 34 heavy (non-hydrogen) atoms. The maximum Gasteiger partial charge on any atom is 0.344 e. The largest absolute Gasteiger partial charge is 0.495 e. The zero-order chi connectivity index (χ0) is 23.7. The summed E-state index contributed by atoms with van der Waals surface area (Å²) in [5.41, 5.74) is 2.27. The number of halogens is 1. The van der Waals surface area contributed by atoms with E-state index in [-0.39, 0.29) is 5.76 Å². The van der Waals surface area contributed by atoms with Crippen LogP contribution in [0.3, 0.4) is 0 Å². The molecule has 0 aliphatic rings. The summed E-state index contributed by atoms with van der Waals surface area (Å²) in [6, 6.07) is 25.1. The number of ether oxygens (including phenoxy) is 1. The average Bonchev–Trinajstić information content (AvgIpc) is 3.34. The second kappa shape index (κ2) is 9.03. The van der Waals surface area contributed by atoms with Crippen LogP contribution in [0, 0.1) is 0 Å². The van der Waals surface area contributed by atoms with E-state index in [2.05, 4.69) is 21.2 Å². The van der Waals surface area contributed by atoms with Crippen LogP contribution in [0.1, 0.15) is 10.6 Å². The van der Waals surface area contributed by atoms with Crippen molar-refractivity contribution in [1.82, 2.24) is 0 Å². The van der Waals surface area contributed by atoms with E-state index in [0.717, 1.165) is 15.4 Å². The summed E-state index contributed by atoms with van der Waals surface area (Å²) in [5.74, 6) is 0.731. The van der Waals surface area contributed by atoms with Crippen molar-refractivity contribution in [2.45, 2.75) is 0 Å². The molecule has 0 aliphatic heterocycles. The summed E-state index contributed by atoms with van der Waals surface area (Å²) >= 11 is 3.40. The van der Waals surface area contributed by atoms with E-state index in [1.54, 1.807) is 42.5 Å². The van der Waals surface area contributed by atoms with E-state index in [1.807, 2.05) is 42.5 Å². The first-order valence-corrected chi connectivity index (χ1v) is 11.2. The van der Waals surface area contributed by atoms with E-state index in [0.29, 0.717) is 33.9 Å². The molecule has 2 aromatic heterocycles. The highest BCUT2D eigenvalue weighted by Gasteiger charge is 2.17. The quantitative estimate of drug-likeness (QED) is 0.262. The molecule has 2 heterocycles. The molecular formula is C27H18BrNO5. The summed E-state index contributed by atoms with van der Waals surface area (Å²) in [7, 11) is 1.51. The Morgan fingerprint density at radius 3 is 2.44 bits per heavy atom. The van der Waals surface area contributed by atoms with Gasteiger partial charge in [0.2, 0.25) is 0 Å². The van der Waals surface area contributed by atoms with Gasteiger partial charge in [-0.1, -0.05) is 52.3 Å². The number of anilines is 1. The van der Waals surface area contributed by atoms with Crippen LogP contribution in [0.2, 0.25) is 0 Å². The topological polar surface area (TPSA) is 81.7 Å². The van der Waals surface area contributed by atoms with E-state index in [4.69, 9.17) is 13.6 Å². The van der Waals surface area contributed by atoms with Gasteiger partial charge in [0.1, 0.15) is 17.1 Å². The van der Waals surface area contributed by atoms with Crippen LogP contribution >= 0.6 is 15.9 Å². The number of carbonyl (C=O) groups excluding carboxylic acids is 1. The molecule has 0 saturated carbocycles. The monoisotopic (exact) mass is 515 g/mol. The standard InChI is InChI=1S/C27H18BrNO5/c1-32-24-11-8-17(20-14-18-4-2-3-5-22(18)34-27(20)31)15-21(24)29-26(30)25-13-12-23(33-25)16-6-9-19(28)10-7-16/h2-15H,1H3,(H,29,30). The van der Waals surface area contributed by atoms with E-state index >= 15 is 0 Å². The lowest BCUT2D eigenvalue weighted by Gasteiger charge is -2.11. The predicted molar refractivity (Wildman–Crippen MR) is 134 cm³/mol. The minimum atomic E-state index is -0.466. The highest BCUT2D eigenvalue weighted by molar-refractivity contribution is 9.10. The number of rotatable bonds is 5. The molecule has 0 spiro atoms. The first kappa shape index (κ1) is 21.7. The van der Waals surface area contributed by atoms with Crippen molar-refractivity contribution < 1.29 is 18.4 Å². The molecule has 0 fully saturated rings. The van der Waals surface area contributed by atoms with Gasteiger partial charge >= 0.3 is 5.63 Å². The SMILES string of the molecule is COc1ccc(-c2cc3ccccc3oc2=O)cc1NC(=O)c1ccc(-c2ccc(Br)cc2)o1. The first-order valence-electron chi connectivity index (χ1n) is 10.4. The van der Waals surface area contributed by atoms with Crippen LogP contribution in [-0.4, -0.2) is 13.0 Å². The summed E-state index contributed by atoms with van der Waals surface area (Å²) in [5, 5.41) is 3.62. The predicted octanol–water partition coefficient (Wildman–Crippen LogP) is 6.74. The van der Waals surface area contributed by atoms with Crippen molar-refractivity contribution in [1.29, 1.82) is 0 Å². The number of benzene rings is 3. The van der Waals surface area contributed by atoms with Crippen molar-refractivity contribution in [3.63, 3.8) is 0 Å². The smallest absolute Gasteiger partial charge is 0.344 e. The summed E-state index contributed by atoms with van der Waals surface area (Å²) in [6.07, 6.45) is 0. The van der Waals surface area contributed by atoms with Crippen molar-refractivity contribution in [3.05, 3.63) is 106 Å². The zero-order valence-corrected chi connectivity index (χ0v) is 19.6. The maximum absolute atomic E-state index is 12.9. The fraction of sp³-hybridized carbons (Fsp3) is 0.0370. The highest BCUT2D eigenvalue weighted by Crippen LogP contribution is 2.31. The van der Waals surface area contributed by atoms with Crippen LogP contribution in [0.4, 0.5) is 5.69 Å². The minimum absolute atomic E-state index is 0.149. The number of amides is 1. The molecule has 0 saturated heterocycles. The number of para-hydroxylation sites is 1. The molecule has 0 radical (unpaired) electrons. The van der Waals surface area contributed by atoms with Crippen molar-refractivity contribution in [2.75, 3.05) is 12.4 Å². The Labute approximate surface area is 202 Å². The number of methoxy groups -OCH3 is 1. The van der Waals surface area contributed by atoms with Crippen LogP contribution in [0.15, 0.2) is 103 Å². The molecule has 1 N–H and O–H groups in total.